The molecule has 3 aromatic heterocycles. The van der Waals surface area contributed by atoms with E-state index >= 15 is 0 Å². The van der Waals surface area contributed by atoms with Crippen LogP contribution >= 0.6 is 0 Å². The van der Waals surface area contributed by atoms with E-state index in [1.165, 1.54) is 6.33 Å². The van der Waals surface area contributed by atoms with Crippen molar-refractivity contribution in [2.24, 2.45) is 0 Å². The van der Waals surface area contributed by atoms with Crippen LogP contribution < -0.4 is 10.3 Å². The topological polar surface area (TPSA) is 93.0 Å². The Kier molecular flexibility index (Phi) is 4.44. The summed E-state index contributed by atoms with van der Waals surface area (Å²) in [6.45, 7) is 3.57. The van der Waals surface area contributed by atoms with Crippen LogP contribution in [0.25, 0.3) is 27.8 Å². The van der Waals surface area contributed by atoms with Crippen LogP contribution in [-0.4, -0.2) is 36.8 Å². The molecule has 7 nitrogen and oxygen atoms in total. The fourth-order valence-electron chi connectivity index (χ4n) is 2.98. The highest BCUT2D eigenvalue weighted by molar-refractivity contribution is 5.94. The monoisotopic (exact) mass is 376 g/mol. The van der Waals surface area contributed by atoms with E-state index in [1.54, 1.807) is 26.2 Å². The largest absolute Gasteiger partial charge is 0.491 e. The van der Waals surface area contributed by atoms with Crippen molar-refractivity contribution < 1.29 is 9.84 Å². The average molecular weight is 376 g/mol. The molecule has 0 saturated heterocycles. The lowest BCUT2D eigenvalue weighted by Gasteiger charge is -2.17. The number of fused-ring (bicyclic) bond motifs is 1. The number of ether oxygens (including phenoxy) is 1. The Hall–Kier alpha value is -3.45. The highest BCUT2D eigenvalue weighted by Gasteiger charge is 2.16. The molecule has 1 aromatic carbocycles. The lowest BCUT2D eigenvalue weighted by atomic mass is 10.1. The normalized spacial score (nSPS) is 11.7. The summed E-state index contributed by atoms with van der Waals surface area (Å²) in [6.07, 6.45) is 6.69. The van der Waals surface area contributed by atoms with Crippen molar-refractivity contribution in [3.8, 4) is 22.6 Å². The molecular formula is C21H20N4O3. The number of H-pyrrole nitrogens is 1. The van der Waals surface area contributed by atoms with Crippen LogP contribution in [0.5, 0.6) is 5.75 Å². The summed E-state index contributed by atoms with van der Waals surface area (Å²) in [5, 5.41) is 10.3. The van der Waals surface area contributed by atoms with Gasteiger partial charge < -0.3 is 19.4 Å². The van der Waals surface area contributed by atoms with Crippen LogP contribution in [0.15, 0.2) is 66.1 Å². The number of benzene rings is 1. The lowest BCUT2D eigenvalue weighted by molar-refractivity contribution is 0.0285. The molecule has 0 radical (unpaired) electrons. The van der Waals surface area contributed by atoms with Crippen molar-refractivity contribution in [2.75, 3.05) is 6.61 Å². The first-order valence-electron chi connectivity index (χ1n) is 8.87. The second-order valence-electron chi connectivity index (χ2n) is 7.17. The van der Waals surface area contributed by atoms with Gasteiger partial charge in [0.15, 0.2) is 5.65 Å². The number of aliphatic hydroxyl groups is 1. The third kappa shape index (κ3) is 3.52. The van der Waals surface area contributed by atoms with Crippen LogP contribution in [0.2, 0.25) is 0 Å². The summed E-state index contributed by atoms with van der Waals surface area (Å²) in [7, 11) is 0. The first kappa shape index (κ1) is 17.9. The molecule has 0 unspecified atom stereocenters. The smallest absolute Gasteiger partial charge is 0.260 e. The fraction of sp³-hybridized carbons (Fsp3) is 0.190. The lowest BCUT2D eigenvalue weighted by Crippen LogP contribution is -2.27. The Morgan fingerprint density at radius 1 is 1.14 bits per heavy atom. The van der Waals surface area contributed by atoms with E-state index in [0.29, 0.717) is 16.8 Å². The Labute approximate surface area is 161 Å². The molecule has 4 aromatic rings. The van der Waals surface area contributed by atoms with Crippen LogP contribution in [0.3, 0.4) is 0 Å². The molecule has 28 heavy (non-hydrogen) atoms. The molecule has 142 valence electrons. The Bertz CT molecular complexity index is 1160. The fourth-order valence-corrected chi connectivity index (χ4v) is 2.98. The molecule has 0 fully saturated rings. The van der Waals surface area contributed by atoms with Crippen molar-refractivity contribution >= 4 is 11.0 Å². The predicted molar refractivity (Wildman–Crippen MR) is 107 cm³/mol. The molecule has 0 spiro atoms. The van der Waals surface area contributed by atoms with E-state index in [9.17, 15) is 9.90 Å². The van der Waals surface area contributed by atoms with Gasteiger partial charge in [0.1, 0.15) is 12.4 Å². The SMILES string of the molecule is CC(C)(O)COc1ccc(-c2cn(-c3ccncc3)c3nc[nH]c(=O)c23)cc1. The molecule has 0 aliphatic carbocycles. The summed E-state index contributed by atoms with van der Waals surface area (Å²) in [4.78, 5) is 23.6. The van der Waals surface area contributed by atoms with Gasteiger partial charge in [0.2, 0.25) is 0 Å². The Morgan fingerprint density at radius 3 is 2.54 bits per heavy atom. The second-order valence-corrected chi connectivity index (χ2v) is 7.17. The maximum Gasteiger partial charge on any atom is 0.260 e. The van der Waals surface area contributed by atoms with E-state index in [4.69, 9.17) is 4.74 Å². The van der Waals surface area contributed by atoms with Crippen LogP contribution in [0, 0.1) is 0 Å². The van der Waals surface area contributed by atoms with Gasteiger partial charge in [-0.25, -0.2) is 4.98 Å². The molecule has 4 rings (SSSR count). The molecule has 0 aliphatic rings. The zero-order chi connectivity index (χ0) is 19.7. The van der Waals surface area contributed by atoms with Gasteiger partial charge in [-0.1, -0.05) is 12.1 Å². The minimum Gasteiger partial charge on any atom is -0.491 e. The van der Waals surface area contributed by atoms with Gasteiger partial charge in [0.05, 0.1) is 23.0 Å². The number of nitrogens with one attached hydrogen (secondary N) is 1. The number of hydrogen-bond acceptors (Lipinski definition) is 5. The highest BCUT2D eigenvalue weighted by Crippen LogP contribution is 2.30. The Balaban J connectivity index is 1.78. The molecule has 0 saturated carbocycles. The number of nitrogens with zero attached hydrogens (tertiary/aromatic N) is 3. The van der Waals surface area contributed by atoms with E-state index in [2.05, 4.69) is 15.0 Å². The first-order chi connectivity index (χ1) is 13.4. The van der Waals surface area contributed by atoms with E-state index < -0.39 is 5.60 Å². The first-order valence-corrected chi connectivity index (χ1v) is 8.87. The third-order valence-electron chi connectivity index (χ3n) is 4.29. The summed E-state index contributed by atoms with van der Waals surface area (Å²) < 4.78 is 7.48. The molecular weight excluding hydrogens is 356 g/mol. The van der Waals surface area contributed by atoms with E-state index in [1.807, 2.05) is 47.2 Å². The molecule has 0 bridgehead atoms. The average Bonchev–Trinajstić information content (AvgIpc) is 3.08. The van der Waals surface area contributed by atoms with Gasteiger partial charge >= 0.3 is 0 Å². The van der Waals surface area contributed by atoms with Crippen molar-refractivity contribution in [3.63, 3.8) is 0 Å². The zero-order valence-corrected chi connectivity index (χ0v) is 15.6. The maximum absolute atomic E-state index is 12.5. The molecule has 0 atom stereocenters. The van der Waals surface area contributed by atoms with Crippen LogP contribution in [0.4, 0.5) is 0 Å². The zero-order valence-electron chi connectivity index (χ0n) is 15.6. The number of aromatic nitrogens is 4. The number of pyridine rings is 1. The van der Waals surface area contributed by atoms with Gasteiger partial charge in [-0.2, -0.15) is 0 Å². The Morgan fingerprint density at radius 2 is 1.86 bits per heavy atom. The van der Waals surface area contributed by atoms with Crippen molar-refractivity contribution in [3.05, 3.63) is 71.7 Å². The predicted octanol–water partition coefficient (Wildman–Crippen LogP) is 2.93. The summed E-state index contributed by atoms with van der Waals surface area (Å²) in [6, 6.07) is 11.1. The molecule has 2 N–H and O–H groups in total. The van der Waals surface area contributed by atoms with Crippen LogP contribution in [-0.2, 0) is 0 Å². The molecule has 0 amide bonds. The van der Waals surface area contributed by atoms with Crippen molar-refractivity contribution in [1.29, 1.82) is 0 Å². The third-order valence-corrected chi connectivity index (χ3v) is 4.29. The molecule has 0 aliphatic heterocycles. The standard InChI is InChI=1S/C21H20N4O3/c1-21(2,27)12-28-16-5-3-14(4-6-16)17-11-25(15-7-9-22-10-8-15)19-18(17)20(26)24-13-23-19/h3-11,13,27H,12H2,1-2H3,(H,23,24,26). The van der Waals surface area contributed by atoms with Gasteiger partial charge in [-0.05, 0) is 43.7 Å². The van der Waals surface area contributed by atoms with E-state index in [0.717, 1.165) is 16.8 Å². The van der Waals surface area contributed by atoms with Crippen molar-refractivity contribution in [2.45, 2.75) is 19.4 Å². The maximum atomic E-state index is 12.5. The number of aromatic amines is 1. The van der Waals surface area contributed by atoms with E-state index in [-0.39, 0.29) is 12.2 Å². The second kappa shape index (κ2) is 6.94. The van der Waals surface area contributed by atoms with Gasteiger partial charge in [0, 0.05) is 24.2 Å². The summed E-state index contributed by atoms with van der Waals surface area (Å²) in [5.41, 5.74) is 1.98. The van der Waals surface area contributed by atoms with Gasteiger partial charge in [-0.3, -0.25) is 9.78 Å². The molecule has 7 heteroatoms. The number of hydrogen-bond donors (Lipinski definition) is 2. The highest BCUT2D eigenvalue weighted by atomic mass is 16.5. The minimum absolute atomic E-state index is 0.192. The molecule has 3 heterocycles. The number of rotatable bonds is 5. The van der Waals surface area contributed by atoms with Gasteiger partial charge in [-0.15, -0.1) is 0 Å². The quantitative estimate of drug-likeness (QED) is 0.559. The summed E-state index contributed by atoms with van der Waals surface area (Å²) >= 11 is 0. The minimum atomic E-state index is -0.907. The van der Waals surface area contributed by atoms with Gasteiger partial charge in [0.25, 0.3) is 5.56 Å². The summed E-state index contributed by atoms with van der Waals surface area (Å²) in [5.74, 6) is 0.649. The van der Waals surface area contributed by atoms with Crippen LogP contribution in [0.1, 0.15) is 13.8 Å². The van der Waals surface area contributed by atoms with Crippen molar-refractivity contribution in [1.82, 2.24) is 19.5 Å².